The molecule has 0 saturated heterocycles. The van der Waals surface area contributed by atoms with Crippen molar-refractivity contribution in [1.29, 1.82) is 0 Å². The molecule has 0 fully saturated rings. The van der Waals surface area contributed by atoms with Gasteiger partial charge >= 0.3 is 0 Å². The van der Waals surface area contributed by atoms with Crippen LogP contribution in [0, 0.1) is 5.82 Å². The third kappa shape index (κ3) is 4.21. The number of hydrogen-bond acceptors (Lipinski definition) is 2. The third-order valence-corrected chi connectivity index (χ3v) is 3.02. The van der Waals surface area contributed by atoms with Crippen molar-refractivity contribution in [2.45, 2.75) is 18.7 Å². The van der Waals surface area contributed by atoms with Crippen LogP contribution in [-0.4, -0.2) is 11.6 Å². The van der Waals surface area contributed by atoms with Gasteiger partial charge in [-0.15, -0.1) is 11.6 Å². The summed E-state index contributed by atoms with van der Waals surface area (Å²) in [5.41, 5.74) is 1.86. The number of nitrogens with zero attached hydrogens (tertiary/aromatic N) is 1. The summed E-state index contributed by atoms with van der Waals surface area (Å²) in [4.78, 5) is 3.91. The van der Waals surface area contributed by atoms with Gasteiger partial charge < -0.3 is 4.74 Å². The summed E-state index contributed by atoms with van der Waals surface area (Å²) in [6, 6.07) is 11.6. The predicted molar refractivity (Wildman–Crippen MR) is 74.0 cm³/mol. The lowest BCUT2D eigenvalue weighted by Crippen LogP contribution is -2.03. The molecule has 0 aliphatic rings. The van der Waals surface area contributed by atoms with Gasteiger partial charge in [-0.2, -0.15) is 0 Å². The van der Waals surface area contributed by atoms with Gasteiger partial charge in [-0.1, -0.05) is 30.3 Å². The van der Waals surface area contributed by atoms with E-state index in [1.54, 1.807) is 0 Å². The van der Waals surface area contributed by atoms with Crippen LogP contribution in [0.5, 0.6) is 5.88 Å². The Bertz CT molecular complexity index is 519. The second-order valence-corrected chi connectivity index (χ2v) is 4.46. The number of pyridine rings is 1. The number of rotatable bonds is 6. The minimum atomic E-state index is -0.396. The molecular weight excluding hydrogens is 265 g/mol. The van der Waals surface area contributed by atoms with Crippen LogP contribution in [0.2, 0.25) is 0 Å². The average molecular weight is 280 g/mol. The Morgan fingerprint density at radius 1 is 1.21 bits per heavy atom. The van der Waals surface area contributed by atoms with E-state index in [1.165, 1.54) is 11.6 Å². The van der Waals surface area contributed by atoms with Gasteiger partial charge in [0.25, 0.3) is 0 Å². The second-order valence-electron chi connectivity index (χ2n) is 4.19. The molecule has 0 spiro atoms. The van der Waals surface area contributed by atoms with E-state index in [-0.39, 0.29) is 5.88 Å². The first-order valence-corrected chi connectivity index (χ1v) is 6.70. The maximum Gasteiger partial charge on any atom is 0.217 e. The van der Waals surface area contributed by atoms with E-state index in [9.17, 15) is 4.39 Å². The van der Waals surface area contributed by atoms with E-state index in [2.05, 4.69) is 17.1 Å². The zero-order valence-electron chi connectivity index (χ0n) is 10.5. The zero-order valence-corrected chi connectivity index (χ0v) is 11.2. The summed E-state index contributed by atoms with van der Waals surface area (Å²) in [7, 11) is 0. The van der Waals surface area contributed by atoms with Crippen molar-refractivity contribution in [2.75, 3.05) is 6.61 Å². The fourth-order valence-electron chi connectivity index (χ4n) is 1.78. The minimum absolute atomic E-state index is 0.193. The minimum Gasteiger partial charge on any atom is -0.477 e. The maximum atomic E-state index is 13.0. The smallest absolute Gasteiger partial charge is 0.217 e. The van der Waals surface area contributed by atoms with Gasteiger partial charge in [0.15, 0.2) is 0 Å². The summed E-state index contributed by atoms with van der Waals surface area (Å²) >= 11 is 5.73. The Labute approximate surface area is 117 Å². The normalized spacial score (nSPS) is 10.4. The molecular formula is C15H15ClFNO. The quantitative estimate of drug-likeness (QED) is 0.590. The highest BCUT2D eigenvalue weighted by atomic mass is 35.5. The van der Waals surface area contributed by atoms with Crippen LogP contribution >= 0.6 is 11.6 Å². The molecule has 1 aromatic heterocycles. The number of halogens is 2. The van der Waals surface area contributed by atoms with Crippen LogP contribution in [0.4, 0.5) is 4.39 Å². The summed E-state index contributed by atoms with van der Waals surface area (Å²) < 4.78 is 18.5. The Balaban J connectivity index is 1.83. The summed E-state index contributed by atoms with van der Waals surface area (Å²) in [5.74, 6) is 0.218. The molecule has 0 atom stereocenters. The van der Waals surface area contributed by atoms with Crippen molar-refractivity contribution in [3.05, 3.63) is 59.5 Å². The Morgan fingerprint density at radius 3 is 2.74 bits per heavy atom. The zero-order chi connectivity index (χ0) is 13.5. The van der Waals surface area contributed by atoms with Gasteiger partial charge in [0.2, 0.25) is 5.88 Å². The average Bonchev–Trinajstić information content (AvgIpc) is 2.46. The molecule has 1 aromatic carbocycles. The van der Waals surface area contributed by atoms with E-state index >= 15 is 0 Å². The third-order valence-electron chi connectivity index (χ3n) is 2.73. The molecule has 1 heterocycles. The van der Waals surface area contributed by atoms with Crippen molar-refractivity contribution < 1.29 is 9.13 Å². The van der Waals surface area contributed by atoms with E-state index in [0.717, 1.165) is 19.0 Å². The number of alkyl halides is 1. The second kappa shape index (κ2) is 7.10. The Hall–Kier alpha value is -1.61. The molecule has 0 saturated carbocycles. The number of ether oxygens (including phenoxy) is 1. The lowest BCUT2D eigenvalue weighted by Gasteiger charge is -2.08. The fraction of sp³-hybridized carbons (Fsp3) is 0.267. The van der Waals surface area contributed by atoms with Gasteiger partial charge in [0.05, 0.1) is 18.7 Å². The van der Waals surface area contributed by atoms with Gasteiger partial charge in [-0.25, -0.2) is 9.37 Å². The van der Waals surface area contributed by atoms with Crippen molar-refractivity contribution in [3.63, 3.8) is 0 Å². The lowest BCUT2D eigenvalue weighted by atomic mass is 10.1. The SMILES string of the molecule is Fc1cnc(OCCCc2ccccc2)c(CCl)c1. The topological polar surface area (TPSA) is 22.1 Å². The van der Waals surface area contributed by atoms with E-state index < -0.39 is 5.82 Å². The highest BCUT2D eigenvalue weighted by molar-refractivity contribution is 6.17. The predicted octanol–water partition coefficient (Wildman–Crippen LogP) is 3.97. The number of aryl methyl sites for hydroxylation is 1. The van der Waals surface area contributed by atoms with Crippen molar-refractivity contribution in [1.82, 2.24) is 4.98 Å². The number of benzene rings is 1. The molecule has 4 heteroatoms. The van der Waals surface area contributed by atoms with Crippen LogP contribution in [0.25, 0.3) is 0 Å². The van der Waals surface area contributed by atoms with Gasteiger partial charge in [-0.05, 0) is 24.5 Å². The molecule has 0 radical (unpaired) electrons. The van der Waals surface area contributed by atoms with Gasteiger partial charge in [-0.3, -0.25) is 0 Å². The molecule has 2 nitrogen and oxygen atoms in total. The first kappa shape index (κ1) is 13.8. The highest BCUT2D eigenvalue weighted by Gasteiger charge is 2.06. The molecule has 19 heavy (non-hydrogen) atoms. The molecule has 0 N–H and O–H groups in total. The van der Waals surface area contributed by atoms with E-state index in [0.29, 0.717) is 18.1 Å². The summed E-state index contributed by atoms with van der Waals surface area (Å²) in [5, 5.41) is 0. The maximum absolute atomic E-state index is 13.0. The molecule has 2 aromatic rings. The van der Waals surface area contributed by atoms with Crippen molar-refractivity contribution >= 4 is 11.6 Å². The molecule has 0 aliphatic heterocycles. The van der Waals surface area contributed by atoms with Crippen LogP contribution in [0.15, 0.2) is 42.6 Å². The standard InChI is InChI=1S/C15H15ClFNO/c16-10-13-9-14(17)11-18-15(13)19-8-4-7-12-5-2-1-3-6-12/h1-3,5-6,9,11H,4,7-8,10H2. The molecule has 100 valence electrons. The fourth-order valence-corrected chi connectivity index (χ4v) is 1.98. The summed E-state index contributed by atoms with van der Waals surface area (Å²) in [6.07, 6.45) is 2.96. The number of aromatic nitrogens is 1. The molecule has 0 amide bonds. The lowest BCUT2D eigenvalue weighted by molar-refractivity contribution is 0.296. The van der Waals surface area contributed by atoms with E-state index in [1.807, 2.05) is 18.2 Å². The van der Waals surface area contributed by atoms with E-state index in [4.69, 9.17) is 16.3 Å². The van der Waals surface area contributed by atoms with Crippen molar-refractivity contribution in [2.24, 2.45) is 0 Å². The molecule has 0 unspecified atom stereocenters. The summed E-state index contributed by atoms with van der Waals surface area (Å²) in [6.45, 7) is 0.539. The van der Waals surface area contributed by atoms with Crippen LogP contribution in [-0.2, 0) is 12.3 Å². The Kier molecular flexibility index (Phi) is 5.16. The molecule has 2 rings (SSSR count). The van der Waals surface area contributed by atoms with Gasteiger partial charge in [0.1, 0.15) is 5.82 Å². The monoisotopic (exact) mass is 279 g/mol. The molecule has 0 bridgehead atoms. The first-order valence-electron chi connectivity index (χ1n) is 6.16. The van der Waals surface area contributed by atoms with Crippen LogP contribution in [0.1, 0.15) is 17.5 Å². The van der Waals surface area contributed by atoms with Crippen LogP contribution < -0.4 is 4.74 Å². The number of hydrogen-bond donors (Lipinski definition) is 0. The van der Waals surface area contributed by atoms with Gasteiger partial charge in [0, 0.05) is 5.56 Å². The van der Waals surface area contributed by atoms with Crippen LogP contribution in [0.3, 0.4) is 0 Å². The largest absolute Gasteiger partial charge is 0.477 e. The van der Waals surface area contributed by atoms with Crippen molar-refractivity contribution in [3.8, 4) is 5.88 Å². The Morgan fingerprint density at radius 2 is 2.00 bits per heavy atom. The molecule has 0 aliphatic carbocycles. The first-order chi connectivity index (χ1) is 9.29. The highest BCUT2D eigenvalue weighted by Crippen LogP contribution is 2.18.